The second-order valence-corrected chi connectivity index (χ2v) is 4.43. The molecule has 0 heterocycles. The maximum Gasteiger partial charge on any atom is 0.148 e. The molecule has 0 saturated carbocycles. The molecule has 0 amide bonds. The lowest BCUT2D eigenvalue weighted by Gasteiger charge is -2.14. The van der Waals surface area contributed by atoms with E-state index in [1.165, 1.54) is 6.07 Å². The smallest absolute Gasteiger partial charge is 0.148 e. The van der Waals surface area contributed by atoms with E-state index in [-0.39, 0.29) is 5.69 Å². The van der Waals surface area contributed by atoms with Gasteiger partial charge in [-0.3, -0.25) is 0 Å². The molecule has 0 unspecified atom stereocenters. The number of methoxy groups -OCH3 is 1. The van der Waals surface area contributed by atoms with Crippen LogP contribution in [0.3, 0.4) is 0 Å². The van der Waals surface area contributed by atoms with Gasteiger partial charge in [-0.15, -0.1) is 0 Å². The molecule has 0 atom stereocenters. The van der Waals surface area contributed by atoms with Crippen LogP contribution in [0.4, 0.5) is 21.5 Å². The lowest BCUT2D eigenvalue weighted by Crippen LogP contribution is -1.98. The molecule has 0 aliphatic carbocycles. The fourth-order valence-electron chi connectivity index (χ4n) is 1.91. The van der Waals surface area contributed by atoms with Crippen molar-refractivity contribution in [2.75, 3.05) is 18.2 Å². The van der Waals surface area contributed by atoms with Crippen molar-refractivity contribution in [1.29, 1.82) is 0 Å². The molecule has 2 aromatic carbocycles. The van der Waals surface area contributed by atoms with Crippen molar-refractivity contribution in [2.45, 2.75) is 13.8 Å². The first kappa shape index (κ1) is 13.2. The van der Waals surface area contributed by atoms with Crippen molar-refractivity contribution < 1.29 is 9.13 Å². The second-order valence-electron chi connectivity index (χ2n) is 4.43. The van der Waals surface area contributed by atoms with E-state index < -0.39 is 5.82 Å². The lowest BCUT2D eigenvalue weighted by atomic mass is 10.1. The highest BCUT2D eigenvalue weighted by Gasteiger charge is 2.07. The number of hydrogen-bond donors (Lipinski definition) is 2. The van der Waals surface area contributed by atoms with Gasteiger partial charge in [-0.25, -0.2) is 4.39 Å². The van der Waals surface area contributed by atoms with Gasteiger partial charge in [0, 0.05) is 11.4 Å². The topological polar surface area (TPSA) is 47.3 Å². The van der Waals surface area contributed by atoms with E-state index in [4.69, 9.17) is 10.5 Å². The Balaban J connectivity index is 2.33. The predicted molar refractivity (Wildman–Crippen MR) is 76.6 cm³/mol. The van der Waals surface area contributed by atoms with Gasteiger partial charge in [0.1, 0.15) is 11.6 Å². The summed E-state index contributed by atoms with van der Waals surface area (Å²) in [6, 6.07) is 8.48. The van der Waals surface area contributed by atoms with Gasteiger partial charge in [0.2, 0.25) is 0 Å². The van der Waals surface area contributed by atoms with Crippen LogP contribution >= 0.6 is 0 Å². The molecule has 0 aliphatic heterocycles. The number of nitrogen functional groups attached to an aromatic ring is 1. The minimum Gasteiger partial charge on any atom is -0.496 e. The standard InChI is InChI=1S/C15H17FN2O/c1-9-10(2)15(19-3)7-6-14(9)18-11-4-5-13(17)12(16)8-11/h4-8,18H,17H2,1-3H3. The summed E-state index contributed by atoms with van der Waals surface area (Å²) < 4.78 is 18.7. The maximum atomic E-state index is 13.4. The van der Waals surface area contributed by atoms with E-state index in [2.05, 4.69) is 5.32 Å². The molecule has 0 aliphatic rings. The highest BCUT2D eigenvalue weighted by Crippen LogP contribution is 2.29. The Morgan fingerprint density at radius 2 is 1.84 bits per heavy atom. The summed E-state index contributed by atoms with van der Waals surface area (Å²) in [4.78, 5) is 0. The van der Waals surface area contributed by atoms with E-state index in [0.717, 1.165) is 22.6 Å². The van der Waals surface area contributed by atoms with Crippen molar-refractivity contribution in [3.05, 3.63) is 47.3 Å². The van der Waals surface area contributed by atoms with E-state index in [1.54, 1.807) is 19.2 Å². The molecular formula is C15H17FN2O. The van der Waals surface area contributed by atoms with Crippen LogP contribution in [0.25, 0.3) is 0 Å². The van der Waals surface area contributed by atoms with Gasteiger partial charge in [0.15, 0.2) is 0 Å². The van der Waals surface area contributed by atoms with Gasteiger partial charge in [0.05, 0.1) is 12.8 Å². The summed E-state index contributed by atoms with van der Waals surface area (Å²) in [5.41, 5.74) is 9.31. The molecule has 2 rings (SSSR count). The molecule has 3 N–H and O–H groups in total. The van der Waals surface area contributed by atoms with E-state index in [0.29, 0.717) is 5.69 Å². The third-order valence-corrected chi connectivity index (χ3v) is 3.24. The average Bonchev–Trinajstić information content (AvgIpc) is 2.40. The quantitative estimate of drug-likeness (QED) is 0.826. The number of rotatable bonds is 3. The van der Waals surface area contributed by atoms with Gasteiger partial charge in [-0.05, 0) is 55.3 Å². The van der Waals surface area contributed by atoms with Gasteiger partial charge in [-0.1, -0.05) is 0 Å². The SMILES string of the molecule is COc1ccc(Nc2ccc(N)c(F)c2)c(C)c1C. The normalized spacial score (nSPS) is 10.3. The van der Waals surface area contributed by atoms with Gasteiger partial charge in [-0.2, -0.15) is 0 Å². The van der Waals surface area contributed by atoms with Crippen molar-refractivity contribution in [3.8, 4) is 5.75 Å². The molecule has 0 fully saturated rings. The number of hydrogen-bond acceptors (Lipinski definition) is 3. The molecule has 0 radical (unpaired) electrons. The van der Waals surface area contributed by atoms with Crippen LogP contribution in [-0.2, 0) is 0 Å². The molecule has 0 bridgehead atoms. The summed E-state index contributed by atoms with van der Waals surface area (Å²) in [6.45, 7) is 3.98. The fraction of sp³-hybridized carbons (Fsp3) is 0.200. The Bertz CT molecular complexity index is 611. The summed E-state index contributed by atoms with van der Waals surface area (Å²) >= 11 is 0. The summed E-state index contributed by atoms with van der Waals surface area (Å²) in [5.74, 6) is 0.416. The summed E-state index contributed by atoms with van der Waals surface area (Å²) in [7, 11) is 1.64. The number of halogens is 1. The first-order valence-corrected chi connectivity index (χ1v) is 5.99. The minimum absolute atomic E-state index is 0.146. The highest BCUT2D eigenvalue weighted by molar-refractivity contribution is 5.67. The zero-order valence-corrected chi connectivity index (χ0v) is 11.3. The number of nitrogens with two attached hydrogens (primary N) is 1. The van der Waals surface area contributed by atoms with Gasteiger partial charge in [0.25, 0.3) is 0 Å². The van der Waals surface area contributed by atoms with Crippen molar-refractivity contribution in [1.82, 2.24) is 0 Å². The van der Waals surface area contributed by atoms with E-state index >= 15 is 0 Å². The Hall–Kier alpha value is -2.23. The largest absolute Gasteiger partial charge is 0.496 e. The van der Waals surface area contributed by atoms with Crippen LogP contribution in [0, 0.1) is 19.7 Å². The Labute approximate surface area is 112 Å². The molecule has 19 heavy (non-hydrogen) atoms. The van der Waals surface area contributed by atoms with Crippen LogP contribution in [0.15, 0.2) is 30.3 Å². The zero-order valence-electron chi connectivity index (χ0n) is 11.3. The lowest BCUT2D eigenvalue weighted by molar-refractivity contribution is 0.411. The van der Waals surface area contributed by atoms with Crippen LogP contribution in [0.1, 0.15) is 11.1 Å². The van der Waals surface area contributed by atoms with Crippen molar-refractivity contribution >= 4 is 17.1 Å². The van der Waals surface area contributed by atoms with Crippen LogP contribution in [0.5, 0.6) is 5.75 Å². The molecule has 100 valence electrons. The third-order valence-electron chi connectivity index (χ3n) is 3.24. The first-order valence-electron chi connectivity index (χ1n) is 5.99. The molecule has 3 nitrogen and oxygen atoms in total. The summed E-state index contributed by atoms with van der Waals surface area (Å²) in [5, 5.41) is 3.18. The zero-order chi connectivity index (χ0) is 14.0. The van der Waals surface area contributed by atoms with E-state index in [9.17, 15) is 4.39 Å². The number of anilines is 3. The fourth-order valence-corrected chi connectivity index (χ4v) is 1.91. The second kappa shape index (κ2) is 5.18. The van der Waals surface area contributed by atoms with Crippen LogP contribution in [-0.4, -0.2) is 7.11 Å². The molecule has 2 aromatic rings. The van der Waals surface area contributed by atoms with Gasteiger partial charge < -0.3 is 15.8 Å². The number of nitrogens with one attached hydrogen (secondary N) is 1. The Morgan fingerprint density at radius 1 is 1.11 bits per heavy atom. The minimum atomic E-state index is -0.423. The monoisotopic (exact) mass is 260 g/mol. The van der Waals surface area contributed by atoms with E-state index in [1.807, 2.05) is 26.0 Å². The number of ether oxygens (including phenoxy) is 1. The Morgan fingerprint density at radius 3 is 2.47 bits per heavy atom. The van der Waals surface area contributed by atoms with Crippen molar-refractivity contribution in [2.24, 2.45) is 0 Å². The predicted octanol–water partition coefficient (Wildman–Crippen LogP) is 3.78. The first-order chi connectivity index (χ1) is 9.02. The molecule has 0 spiro atoms. The molecule has 4 heteroatoms. The highest BCUT2D eigenvalue weighted by atomic mass is 19.1. The van der Waals surface area contributed by atoms with Crippen LogP contribution < -0.4 is 15.8 Å². The molecule has 0 aromatic heterocycles. The molecule has 0 saturated heterocycles. The van der Waals surface area contributed by atoms with Crippen LogP contribution in [0.2, 0.25) is 0 Å². The average molecular weight is 260 g/mol. The number of benzene rings is 2. The van der Waals surface area contributed by atoms with Crippen molar-refractivity contribution in [3.63, 3.8) is 0 Å². The maximum absolute atomic E-state index is 13.4. The third kappa shape index (κ3) is 2.62. The Kier molecular flexibility index (Phi) is 3.60. The molecular weight excluding hydrogens is 243 g/mol. The van der Waals surface area contributed by atoms with Gasteiger partial charge >= 0.3 is 0 Å². The summed E-state index contributed by atoms with van der Waals surface area (Å²) in [6.07, 6.45) is 0.